The Morgan fingerprint density at radius 1 is 1.07 bits per heavy atom. The zero-order chi connectivity index (χ0) is 19.6. The normalized spacial score (nSPS) is 22.4. The summed E-state index contributed by atoms with van der Waals surface area (Å²) in [6.45, 7) is 0. The molecule has 0 N–H and O–H groups in total. The number of imide groups is 1. The molecule has 7 nitrogen and oxygen atoms in total. The van der Waals surface area contributed by atoms with Crippen LogP contribution < -0.4 is 4.90 Å². The molecule has 0 spiro atoms. The highest BCUT2D eigenvalue weighted by Gasteiger charge is 2.60. The number of halogens is 1. The first-order chi connectivity index (χ1) is 13.4. The van der Waals surface area contributed by atoms with Gasteiger partial charge in [0.1, 0.15) is 0 Å². The number of hydroxylamine groups is 2. The second kappa shape index (κ2) is 5.83. The van der Waals surface area contributed by atoms with Crippen molar-refractivity contribution in [3.05, 3.63) is 58.6 Å². The van der Waals surface area contributed by atoms with E-state index >= 15 is 0 Å². The number of rotatable bonds is 2. The molecule has 2 aromatic carbocycles. The highest BCUT2D eigenvalue weighted by atomic mass is 35.5. The quantitative estimate of drug-likeness (QED) is 0.702. The third-order valence-electron chi connectivity index (χ3n) is 4.98. The molecular weight excluding hydrogens is 404 g/mol. The van der Waals surface area contributed by atoms with Gasteiger partial charge in [0.25, 0.3) is 11.8 Å². The monoisotopic (exact) mass is 414 g/mol. The summed E-state index contributed by atoms with van der Waals surface area (Å²) in [7, 11) is 0. The molecule has 5 rings (SSSR count). The van der Waals surface area contributed by atoms with Crippen LogP contribution in [0.15, 0.2) is 47.4 Å². The summed E-state index contributed by atoms with van der Waals surface area (Å²) in [6, 6.07) is 11.3. The molecule has 0 aromatic heterocycles. The second-order valence-electron chi connectivity index (χ2n) is 6.56. The minimum Gasteiger partial charge on any atom is -0.326 e. The van der Waals surface area contributed by atoms with Gasteiger partial charge in [0.15, 0.2) is 4.87 Å². The van der Waals surface area contributed by atoms with Crippen LogP contribution in [0.1, 0.15) is 33.6 Å². The summed E-state index contributed by atoms with van der Waals surface area (Å²) in [5, 5.41) is 0.905. The summed E-state index contributed by atoms with van der Waals surface area (Å²) >= 11 is 7.22. The number of carbonyl (C=O) groups excluding carboxylic acids is 4. The second-order valence-corrected chi connectivity index (χ2v) is 8.31. The molecule has 0 saturated carbocycles. The molecule has 3 heterocycles. The number of fused-ring (bicyclic) bond motifs is 4. The lowest BCUT2D eigenvalue weighted by Gasteiger charge is -2.29. The molecule has 3 aliphatic heterocycles. The van der Waals surface area contributed by atoms with Crippen molar-refractivity contribution in [1.29, 1.82) is 0 Å². The van der Waals surface area contributed by atoms with E-state index in [2.05, 4.69) is 0 Å². The standard InChI is InChI=1S/C19H11ClN2O5S/c20-10-5-6-14-13(9-10)21-15(23)7-8-19(21,28-14)18(26)27-22-16(24)11-3-1-2-4-12(11)17(22)25/h1-6,9H,7-8H2. The number of carbonyl (C=O) groups is 4. The first-order valence-corrected chi connectivity index (χ1v) is 9.64. The van der Waals surface area contributed by atoms with Gasteiger partial charge in [-0.2, -0.15) is 0 Å². The first-order valence-electron chi connectivity index (χ1n) is 8.44. The Kier molecular flexibility index (Phi) is 3.59. The number of amides is 3. The van der Waals surface area contributed by atoms with Crippen molar-refractivity contribution in [2.24, 2.45) is 0 Å². The van der Waals surface area contributed by atoms with E-state index < -0.39 is 22.7 Å². The van der Waals surface area contributed by atoms with Crippen LogP contribution in [0.5, 0.6) is 0 Å². The zero-order valence-corrected chi connectivity index (χ0v) is 15.7. The lowest BCUT2D eigenvalue weighted by atomic mass is 10.1. The average Bonchev–Trinajstić information content (AvgIpc) is 3.27. The molecule has 140 valence electrons. The summed E-state index contributed by atoms with van der Waals surface area (Å²) in [5.41, 5.74) is 0.872. The van der Waals surface area contributed by atoms with Gasteiger partial charge in [0.05, 0.1) is 16.8 Å². The van der Waals surface area contributed by atoms with E-state index in [0.29, 0.717) is 20.7 Å². The smallest absolute Gasteiger partial charge is 0.326 e. The van der Waals surface area contributed by atoms with E-state index in [1.165, 1.54) is 28.8 Å². The molecule has 3 aliphatic rings. The molecule has 0 bridgehead atoms. The minimum atomic E-state index is -1.36. The van der Waals surface area contributed by atoms with Gasteiger partial charge in [0.2, 0.25) is 5.91 Å². The Labute approximate surface area is 168 Å². The van der Waals surface area contributed by atoms with Gasteiger partial charge in [-0.25, -0.2) is 4.79 Å². The predicted molar refractivity (Wildman–Crippen MR) is 99.8 cm³/mol. The van der Waals surface area contributed by atoms with Crippen LogP contribution in [-0.2, 0) is 14.4 Å². The molecule has 2 aromatic rings. The highest BCUT2D eigenvalue weighted by molar-refractivity contribution is 8.02. The van der Waals surface area contributed by atoms with Crippen molar-refractivity contribution in [2.45, 2.75) is 22.6 Å². The van der Waals surface area contributed by atoms with E-state index in [1.807, 2.05) is 0 Å². The van der Waals surface area contributed by atoms with E-state index in [1.54, 1.807) is 30.3 Å². The zero-order valence-electron chi connectivity index (χ0n) is 14.2. The van der Waals surface area contributed by atoms with Crippen LogP contribution in [-0.4, -0.2) is 33.6 Å². The third kappa shape index (κ3) is 2.18. The fourth-order valence-corrected chi connectivity index (χ4v) is 5.24. The predicted octanol–water partition coefficient (Wildman–Crippen LogP) is 3.02. The lowest BCUT2D eigenvalue weighted by Crippen LogP contribution is -2.50. The Bertz CT molecular complexity index is 1070. The van der Waals surface area contributed by atoms with Gasteiger partial charge < -0.3 is 4.84 Å². The van der Waals surface area contributed by atoms with Crippen molar-refractivity contribution in [1.82, 2.24) is 5.06 Å². The SMILES string of the molecule is O=C1c2ccccc2C(=O)N1OC(=O)C12CCC(=O)N1c1cc(Cl)ccc1S2. The molecule has 9 heteroatoms. The summed E-state index contributed by atoms with van der Waals surface area (Å²) in [6.07, 6.45) is 0.348. The van der Waals surface area contributed by atoms with Gasteiger partial charge in [0, 0.05) is 22.8 Å². The molecule has 1 saturated heterocycles. The fraction of sp³-hybridized carbons (Fsp3) is 0.158. The molecule has 0 aliphatic carbocycles. The minimum absolute atomic E-state index is 0.149. The maximum Gasteiger partial charge on any atom is 0.369 e. The van der Waals surface area contributed by atoms with Crippen LogP contribution in [0.3, 0.4) is 0 Å². The Hall–Kier alpha value is -2.84. The van der Waals surface area contributed by atoms with Crippen LogP contribution in [0.25, 0.3) is 0 Å². The van der Waals surface area contributed by atoms with Gasteiger partial charge in [-0.05, 0) is 30.3 Å². The number of hydrogen-bond acceptors (Lipinski definition) is 6. The van der Waals surface area contributed by atoms with Crippen molar-refractivity contribution in [2.75, 3.05) is 4.90 Å². The number of hydrogen-bond donors (Lipinski definition) is 0. The van der Waals surface area contributed by atoms with Crippen molar-refractivity contribution >= 4 is 52.7 Å². The molecule has 3 amide bonds. The van der Waals surface area contributed by atoms with Gasteiger partial charge in [-0.1, -0.05) is 40.6 Å². The molecule has 28 heavy (non-hydrogen) atoms. The highest BCUT2D eigenvalue weighted by Crippen LogP contribution is 2.56. The Morgan fingerprint density at radius 3 is 2.43 bits per heavy atom. The Balaban J connectivity index is 1.49. The Morgan fingerprint density at radius 2 is 1.75 bits per heavy atom. The maximum atomic E-state index is 13.1. The van der Waals surface area contributed by atoms with Gasteiger partial charge in [-0.3, -0.25) is 19.3 Å². The van der Waals surface area contributed by atoms with E-state index in [9.17, 15) is 19.2 Å². The topological polar surface area (TPSA) is 84.0 Å². The number of thioether (sulfide) groups is 1. The van der Waals surface area contributed by atoms with Gasteiger partial charge in [-0.15, -0.1) is 0 Å². The summed E-state index contributed by atoms with van der Waals surface area (Å²) < 4.78 is 0. The molecule has 0 radical (unpaired) electrons. The first kappa shape index (κ1) is 17.3. The molecule has 1 atom stereocenters. The van der Waals surface area contributed by atoms with Crippen LogP contribution in [0.4, 0.5) is 5.69 Å². The number of benzene rings is 2. The van der Waals surface area contributed by atoms with Crippen LogP contribution in [0.2, 0.25) is 5.02 Å². The van der Waals surface area contributed by atoms with E-state index in [-0.39, 0.29) is 29.9 Å². The lowest BCUT2D eigenvalue weighted by molar-refractivity contribution is -0.171. The van der Waals surface area contributed by atoms with E-state index in [0.717, 1.165) is 0 Å². The van der Waals surface area contributed by atoms with Crippen molar-refractivity contribution in [3.63, 3.8) is 0 Å². The summed E-state index contributed by atoms with van der Waals surface area (Å²) in [4.78, 5) is 56.6. The maximum absolute atomic E-state index is 13.1. The fourth-order valence-electron chi connectivity index (χ4n) is 3.70. The van der Waals surface area contributed by atoms with Crippen molar-refractivity contribution < 1.29 is 24.0 Å². The molecule has 1 fully saturated rings. The number of nitrogens with zero attached hydrogens (tertiary/aromatic N) is 2. The average molecular weight is 415 g/mol. The van der Waals surface area contributed by atoms with Gasteiger partial charge >= 0.3 is 5.97 Å². The molecule has 1 unspecified atom stereocenters. The third-order valence-corrected chi connectivity index (χ3v) is 6.67. The molecular formula is C19H11ClN2O5S. The van der Waals surface area contributed by atoms with E-state index in [4.69, 9.17) is 16.4 Å². The van der Waals surface area contributed by atoms with Crippen LogP contribution in [0, 0.1) is 0 Å². The van der Waals surface area contributed by atoms with Crippen molar-refractivity contribution in [3.8, 4) is 0 Å². The summed E-state index contributed by atoms with van der Waals surface area (Å²) in [5.74, 6) is -2.49. The number of anilines is 1. The van der Waals surface area contributed by atoms with Crippen LogP contribution >= 0.6 is 23.4 Å². The largest absolute Gasteiger partial charge is 0.369 e.